The van der Waals surface area contributed by atoms with E-state index in [0.717, 1.165) is 42.2 Å². The zero-order valence-corrected chi connectivity index (χ0v) is 12.6. The Morgan fingerprint density at radius 1 is 1.05 bits per heavy atom. The van der Waals surface area contributed by atoms with Gasteiger partial charge >= 0.3 is 0 Å². The topological polar surface area (TPSA) is 58.3 Å². The van der Waals surface area contributed by atoms with Gasteiger partial charge in [-0.05, 0) is 28.1 Å². The molecule has 2 aromatic rings. The number of nitrogens with zero attached hydrogens (tertiary/aromatic N) is 4. The molecular formula is C14H16BrN5. The van der Waals surface area contributed by atoms with Gasteiger partial charge in [0.05, 0.1) is 22.0 Å². The summed E-state index contributed by atoms with van der Waals surface area (Å²) < 4.78 is 0.948. The van der Waals surface area contributed by atoms with Gasteiger partial charge in [-0.2, -0.15) is 0 Å². The Bertz CT molecular complexity index is 561. The molecule has 0 aromatic carbocycles. The largest absolute Gasteiger partial charge is 0.396 e. The molecule has 0 atom stereocenters. The van der Waals surface area contributed by atoms with Crippen LogP contribution in [0, 0.1) is 0 Å². The van der Waals surface area contributed by atoms with E-state index in [9.17, 15) is 0 Å². The summed E-state index contributed by atoms with van der Waals surface area (Å²) in [6, 6.07) is 6.01. The molecule has 0 bridgehead atoms. The van der Waals surface area contributed by atoms with Crippen LogP contribution in [0.1, 0.15) is 0 Å². The molecule has 1 aliphatic rings. The van der Waals surface area contributed by atoms with E-state index in [1.165, 1.54) is 0 Å². The predicted octanol–water partition coefficient (Wildman–Crippen LogP) is 2.15. The number of hydrogen-bond acceptors (Lipinski definition) is 5. The van der Waals surface area contributed by atoms with Crippen molar-refractivity contribution in [2.24, 2.45) is 0 Å². The molecule has 1 fully saturated rings. The molecule has 5 nitrogen and oxygen atoms in total. The third kappa shape index (κ3) is 2.56. The highest BCUT2D eigenvalue weighted by molar-refractivity contribution is 9.10. The first kappa shape index (κ1) is 13.2. The van der Waals surface area contributed by atoms with Gasteiger partial charge < -0.3 is 15.5 Å². The fraction of sp³-hybridized carbons (Fsp3) is 0.286. The normalized spacial score (nSPS) is 15.4. The maximum absolute atomic E-state index is 6.04. The van der Waals surface area contributed by atoms with Crippen LogP contribution in [0.4, 0.5) is 17.2 Å². The number of halogens is 1. The zero-order chi connectivity index (χ0) is 13.9. The quantitative estimate of drug-likeness (QED) is 0.912. The van der Waals surface area contributed by atoms with Crippen molar-refractivity contribution >= 4 is 33.1 Å². The minimum atomic E-state index is 0.714. The van der Waals surface area contributed by atoms with Crippen LogP contribution in [0.2, 0.25) is 0 Å². The van der Waals surface area contributed by atoms with Crippen molar-refractivity contribution in [1.82, 2.24) is 9.97 Å². The molecule has 3 heterocycles. The fourth-order valence-electron chi connectivity index (χ4n) is 2.48. The molecule has 0 radical (unpaired) electrons. The summed E-state index contributed by atoms with van der Waals surface area (Å²) in [6.07, 6.45) is 5.32. The van der Waals surface area contributed by atoms with E-state index in [1.807, 2.05) is 24.4 Å². The smallest absolute Gasteiger partial charge is 0.128 e. The van der Waals surface area contributed by atoms with Crippen LogP contribution >= 0.6 is 15.9 Å². The van der Waals surface area contributed by atoms with Gasteiger partial charge in [0, 0.05) is 38.6 Å². The van der Waals surface area contributed by atoms with Crippen molar-refractivity contribution in [1.29, 1.82) is 0 Å². The summed E-state index contributed by atoms with van der Waals surface area (Å²) in [4.78, 5) is 13.1. The van der Waals surface area contributed by atoms with Crippen molar-refractivity contribution in [3.8, 4) is 0 Å². The predicted molar refractivity (Wildman–Crippen MR) is 85.0 cm³/mol. The Kier molecular flexibility index (Phi) is 3.73. The summed E-state index contributed by atoms with van der Waals surface area (Å²) in [6.45, 7) is 3.71. The fourth-order valence-corrected chi connectivity index (χ4v) is 3.07. The van der Waals surface area contributed by atoms with E-state index < -0.39 is 0 Å². The van der Waals surface area contributed by atoms with Crippen LogP contribution < -0.4 is 15.5 Å². The average Bonchev–Trinajstić information content (AvgIpc) is 2.49. The van der Waals surface area contributed by atoms with Gasteiger partial charge in [-0.25, -0.2) is 4.98 Å². The summed E-state index contributed by atoms with van der Waals surface area (Å²) in [5.41, 5.74) is 7.79. The SMILES string of the molecule is Nc1cncc(Br)c1N1CCN(c2ccccn2)CC1. The van der Waals surface area contributed by atoms with Crippen molar-refractivity contribution in [2.45, 2.75) is 0 Å². The number of aromatic nitrogens is 2. The zero-order valence-electron chi connectivity index (χ0n) is 11.0. The van der Waals surface area contributed by atoms with Crippen molar-refractivity contribution in [3.05, 3.63) is 41.3 Å². The number of piperazine rings is 1. The summed E-state index contributed by atoms with van der Waals surface area (Å²) in [7, 11) is 0. The highest BCUT2D eigenvalue weighted by Gasteiger charge is 2.21. The number of pyridine rings is 2. The third-order valence-corrected chi connectivity index (χ3v) is 4.05. The molecule has 0 amide bonds. The highest BCUT2D eigenvalue weighted by Crippen LogP contribution is 2.32. The Morgan fingerprint density at radius 3 is 2.45 bits per heavy atom. The minimum Gasteiger partial charge on any atom is -0.396 e. The Morgan fingerprint density at radius 2 is 1.80 bits per heavy atom. The van der Waals surface area contributed by atoms with Crippen LogP contribution in [0.25, 0.3) is 0 Å². The molecule has 0 spiro atoms. The van der Waals surface area contributed by atoms with E-state index >= 15 is 0 Å². The lowest BCUT2D eigenvalue weighted by Crippen LogP contribution is -2.47. The second kappa shape index (κ2) is 5.66. The van der Waals surface area contributed by atoms with Crippen LogP contribution in [0.5, 0.6) is 0 Å². The Balaban J connectivity index is 1.73. The Labute approximate surface area is 126 Å². The molecule has 1 saturated heterocycles. The molecule has 1 aliphatic heterocycles. The van der Waals surface area contributed by atoms with Crippen molar-refractivity contribution in [3.63, 3.8) is 0 Å². The van der Waals surface area contributed by atoms with Gasteiger partial charge in [0.25, 0.3) is 0 Å². The van der Waals surface area contributed by atoms with Gasteiger partial charge in [0.1, 0.15) is 5.82 Å². The van der Waals surface area contributed by atoms with E-state index in [1.54, 1.807) is 12.4 Å². The lowest BCUT2D eigenvalue weighted by atomic mass is 10.2. The summed E-state index contributed by atoms with van der Waals surface area (Å²) in [5.74, 6) is 1.04. The van der Waals surface area contributed by atoms with Crippen LogP contribution in [0.15, 0.2) is 41.3 Å². The first-order valence-electron chi connectivity index (χ1n) is 6.55. The maximum Gasteiger partial charge on any atom is 0.128 e. The molecule has 20 heavy (non-hydrogen) atoms. The molecule has 3 rings (SSSR count). The molecule has 104 valence electrons. The third-order valence-electron chi connectivity index (χ3n) is 3.47. The maximum atomic E-state index is 6.04. The number of rotatable bonds is 2. The first-order chi connectivity index (χ1) is 9.75. The van der Waals surface area contributed by atoms with E-state index in [2.05, 4.69) is 35.7 Å². The van der Waals surface area contributed by atoms with Gasteiger partial charge in [-0.15, -0.1) is 0 Å². The molecular weight excluding hydrogens is 318 g/mol. The van der Waals surface area contributed by atoms with Gasteiger partial charge in [-0.3, -0.25) is 4.98 Å². The lowest BCUT2D eigenvalue weighted by Gasteiger charge is -2.37. The second-order valence-electron chi connectivity index (χ2n) is 4.72. The van der Waals surface area contributed by atoms with E-state index in [0.29, 0.717) is 5.69 Å². The van der Waals surface area contributed by atoms with Gasteiger partial charge in [-0.1, -0.05) is 6.07 Å². The monoisotopic (exact) mass is 333 g/mol. The van der Waals surface area contributed by atoms with E-state index in [-0.39, 0.29) is 0 Å². The standard InChI is InChI=1S/C14H16BrN5/c15-11-9-17-10-12(16)14(11)20-7-5-19(6-8-20)13-3-1-2-4-18-13/h1-4,9-10H,5-8,16H2. The molecule has 0 unspecified atom stereocenters. The van der Waals surface area contributed by atoms with Gasteiger partial charge in [0.15, 0.2) is 0 Å². The first-order valence-corrected chi connectivity index (χ1v) is 7.35. The number of nitrogens with two attached hydrogens (primary N) is 1. The molecule has 0 saturated carbocycles. The summed E-state index contributed by atoms with van der Waals surface area (Å²) >= 11 is 3.53. The van der Waals surface area contributed by atoms with Crippen LogP contribution in [0.3, 0.4) is 0 Å². The molecule has 2 aromatic heterocycles. The minimum absolute atomic E-state index is 0.714. The second-order valence-corrected chi connectivity index (χ2v) is 5.58. The Hall–Kier alpha value is -1.82. The number of anilines is 3. The highest BCUT2D eigenvalue weighted by atomic mass is 79.9. The molecule has 0 aliphatic carbocycles. The molecule has 6 heteroatoms. The number of hydrogen-bond donors (Lipinski definition) is 1. The summed E-state index contributed by atoms with van der Waals surface area (Å²) in [5, 5.41) is 0. The average molecular weight is 334 g/mol. The number of nitrogen functional groups attached to an aromatic ring is 1. The lowest BCUT2D eigenvalue weighted by molar-refractivity contribution is 0.647. The van der Waals surface area contributed by atoms with Crippen LogP contribution in [-0.4, -0.2) is 36.1 Å². The van der Waals surface area contributed by atoms with Crippen molar-refractivity contribution < 1.29 is 0 Å². The van der Waals surface area contributed by atoms with Crippen LogP contribution in [-0.2, 0) is 0 Å². The van der Waals surface area contributed by atoms with Crippen molar-refractivity contribution in [2.75, 3.05) is 41.7 Å². The molecule has 2 N–H and O–H groups in total. The van der Waals surface area contributed by atoms with E-state index in [4.69, 9.17) is 5.73 Å². The van der Waals surface area contributed by atoms with Gasteiger partial charge in [0.2, 0.25) is 0 Å².